The van der Waals surface area contributed by atoms with Crippen LogP contribution in [0.15, 0.2) is 12.1 Å². The molecule has 1 unspecified atom stereocenters. The minimum atomic E-state index is -0.771. The predicted molar refractivity (Wildman–Crippen MR) is 76.0 cm³/mol. The van der Waals surface area contributed by atoms with Crippen molar-refractivity contribution < 1.29 is 9.84 Å². The van der Waals surface area contributed by atoms with Gasteiger partial charge in [0.1, 0.15) is 5.75 Å². The molecule has 0 aromatic heterocycles. The summed E-state index contributed by atoms with van der Waals surface area (Å²) in [5, 5.41) is 14.6. The van der Waals surface area contributed by atoms with E-state index in [9.17, 15) is 5.11 Å². The van der Waals surface area contributed by atoms with Crippen LogP contribution in [0.1, 0.15) is 30.9 Å². The van der Waals surface area contributed by atoms with Crippen LogP contribution >= 0.6 is 11.6 Å². The van der Waals surface area contributed by atoms with E-state index in [1.54, 1.807) is 0 Å². The Morgan fingerprint density at radius 3 is 3.00 bits per heavy atom. The van der Waals surface area contributed by atoms with E-state index in [1.165, 1.54) is 12.8 Å². The molecule has 4 heteroatoms. The number of aliphatic hydroxyl groups is 1. The molecular formula is C15H20ClNO2. The summed E-state index contributed by atoms with van der Waals surface area (Å²) in [6.45, 7) is 3.19. The Labute approximate surface area is 118 Å². The van der Waals surface area contributed by atoms with Gasteiger partial charge in [-0.3, -0.25) is 0 Å². The highest BCUT2D eigenvalue weighted by molar-refractivity contribution is 6.30. The van der Waals surface area contributed by atoms with E-state index in [0.29, 0.717) is 25.6 Å². The summed E-state index contributed by atoms with van der Waals surface area (Å²) in [5.74, 6) is 0.927. The van der Waals surface area contributed by atoms with Crippen molar-refractivity contribution >= 4 is 11.6 Å². The first-order chi connectivity index (χ1) is 9.03. The molecule has 1 atom stereocenters. The number of ether oxygens (including phenoxy) is 1. The zero-order valence-corrected chi connectivity index (χ0v) is 12.0. The van der Waals surface area contributed by atoms with Gasteiger partial charge in [-0.1, -0.05) is 11.6 Å². The van der Waals surface area contributed by atoms with Crippen molar-refractivity contribution in [2.75, 3.05) is 13.2 Å². The summed E-state index contributed by atoms with van der Waals surface area (Å²) >= 11 is 6.14. The van der Waals surface area contributed by atoms with Crippen molar-refractivity contribution in [1.29, 1.82) is 0 Å². The molecule has 1 aliphatic heterocycles. The highest BCUT2D eigenvalue weighted by Crippen LogP contribution is 2.34. The summed E-state index contributed by atoms with van der Waals surface area (Å²) in [4.78, 5) is 0. The molecule has 3 rings (SSSR count). The summed E-state index contributed by atoms with van der Waals surface area (Å²) in [5.41, 5.74) is 1.41. The topological polar surface area (TPSA) is 41.5 Å². The van der Waals surface area contributed by atoms with Crippen LogP contribution in [0, 0.1) is 0 Å². The number of fused-ring (bicyclic) bond motifs is 1. The standard InChI is InChI=1S/C15H20ClNO2/c1-15(18,9-17-13-2-3-13)8-11-7-12(16)6-10-4-5-19-14(10)11/h6-7,13,17-18H,2-5,8-9H2,1H3. The third-order valence-electron chi connectivity index (χ3n) is 3.75. The maximum Gasteiger partial charge on any atom is 0.126 e. The lowest BCUT2D eigenvalue weighted by Crippen LogP contribution is -2.40. The first kappa shape index (κ1) is 13.2. The molecule has 104 valence electrons. The molecule has 0 saturated heterocycles. The molecule has 1 fully saturated rings. The molecule has 1 aromatic rings. The summed E-state index contributed by atoms with van der Waals surface area (Å²) in [6, 6.07) is 4.48. The Morgan fingerprint density at radius 2 is 2.26 bits per heavy atom. The van der Waals surface area contributed by atoms with Gasteiger partial charge in [-0.15, -0.1) is 0 Å². The quantitative estimate of drug-likeness (QED) is 0.870. The van der Waals surface area contributed by atoms with E-state index in [0.717, 1.165) is 28.3 Å². The molecule has 2 aliphatic rings. The number of nitrogens with one attached hydrogen (secondary N) is 1. The second-order valence-electron chi connectivity index (χ2n) is 5.98. The van der Waals surface area contributed by atoms with E-state index in [1.807, 2.05) is 19.1 Å². The SMILES string of the molecule is CC(O)(CNC1CC1)Cc1cc(Cl)cc2c1OCC2. The van der Waals surface area contributed by atoms with Crippen molar-refractivity contribution in [3.63, 3.8) is 0 Å². The van der Waals surface area contributed by atoms with Gasteiger partial charge in [0, 0.05) is 30.5 Å². The zero-order chi connectivity index (χ0) is 13.5. The van der Waals surface area contributed by atoms with Gasteiger partial charge in [0.2, 0.25) is 0 Å². The monoisotopic (exact) mass is 281 g/mol. The largest absolute Gasteiger partial charge is 0.493 e. The van der Waals surface area contributed by atoms with Gasteiger partial charge in [-0.2, -0.15) is 0 Å². The summed E-state index contributed by atoms with van der Waals surface area (Å²) < 4.78 is 5.68. The minimum absolute atomic E-state index is 0.565. The summed E-state index contributed by atoms with van der Waals surface area (Å²) in [6.07, 6.45) is 3.93. The Kier molecular flexibility index (Phi) is 3.46. The van der Waals surface area contributed by atoms with Crippen LogP contribution in [0.5, 0.6) is 5.75 Å². The lowest BCUT2D eigenvalue weighted by atomic mass is 9.94. The summed E-state index contributed by atoms with van der Waals surface area (Å²) in [7, 11) is 0. The number of halogens is 1. The van der Waals surface area contributed by atoms with Crippen molar-refractivity contribution in [3.05, 3.63) is 28.3 Å². The molecule has 1 aliphatic carbocycles. The highest BCUT2D eigenvalue weighted by Gasteiger charge is 2.29. The molecule has 0 amide bonds. The third-order valence-corrected chi connectivity index (χ3v) is 3.96. The van der Waals surface area contributed by atoms with E-state index in [-0.39, 0.29) is 0 Å². The van der Waals surface area contributed by atoms with E-state index in [4.69, 9.17) is 16.3 Å². The van der Waals surface area contributed by atoms with Gasteiger partial charge in [-0.05, 0) is 43.0 Å². The molecule has 0 spiro atoms. The fourth-order valence-corrected chi connectivity index (χ4v) is 2.87. The number of hydrogen-bond donors (Lipinski definition) is 2. The molecule has 2 N–H and O–H groups in total. The second kappa shape index (κ2) is 4.97. The van der Waals surface area contributed by atoms with E-state index in [2.05, 4.69) is 5.32 Å². The molecule has 0 radical (unpaired) electrons. The molecule has 3 nitrogen and oxygen atoms in total. The molecule has 1 aromatic carbocycles. The average molecular weight is 282 g/mol. The van der Waals surface area contributed by atoms with Gasteiger partial charge in [0.05, 0.1) is 12.2 Å². The first-order valence-electron chi connectivity index (χ1n) is 6.93. The Morgan fingerprint density at radius 1 is 1.47 bits per heavy atom. The first-order valence-corrected chi connectivity index (χ1v) is 7.31. The van der Waals surface area contributed by atoms with Crippen LogP contribution in [0.4, 0.5) is 0 Å². The lowest BCUT2D eigenvalue weighted by Gasteiger charge is -2.25. The normalized spacial score (nSPS) is 20.8. The van der Waals surface area contributed by atoms with Crippen molar-refractivity contribution in [2.45, 2.75) is 44.2 Å². The van der Waals surface area contributed by atoms with Crippen LogP contribution in [0.25, 0.3) is 0 Å². The average Bonchev–Trinajstić information content (AvgIpc) is 3.04. The molecular weight excluding hydrogens is 262 g/mol. The van der Waals surface area contributed by atoms with Crippen molar-refractivity contribution in [1.82, 2.24) is 5.32 Å². The van der Waals surface area contributed by atoms with Gasteiger partial charge in [0.15, 0.2) is 0 Å². The second-order valence-corrected chi connectivity index (χ2v) is 6.42. The van der Waals surface area contributed by atoms with Crippen molar-refractivity contribution in [3.8, 4) is 5.75 Å². The fraction of sp³-hybridized carbons (Fsp3) is 0.600. The molecule has 1 heterocycles. The number of hydrogen-bond acceptors (Lipinski definition) is 3. The molecule has 19 heavy (non-hydrogen) atoms. The number of rotatable bonds is 5. The predicted octanol–water partition coefficient (Wildman–Crippen LogP) is 2.32. The smallest absolute Gasteiger partial charge is 0.126 e. The van der Waals surface area contributed by atoms with E-state index >= 15 is 0 Å². The third kappa shape index (κ3) is 3.22. The van der Waals surface area contributed by atoms with Crippen LogP contribution < -0.4 is 10.1 Å². The van der Waals surface area contributed by atoms with Crippen molar-refractivity contribution in [2.24, 2.45) is 0 Å². The van der Waals surface area contributed by atoms with Crippen LogP contribution in [0.3, 0.4) is 0 Å². The van der Waals surface area contributed by atoms with Gasteiger partial charge >= 0.3 is 0 Å². The number of benzene rings is 1. The maximum absolute atomic E-state index is 10.5. The Balaban J connectivity index is 1.74. The maximum atomic E-state index is 10.5. The highest BCUT2D eigenvalue weighted by atomic mass is 35.5. The zero-order valence-electron chi connectivity index (χ0n) is 11.2. The van der Waals surface area contributed by atoms with Crippen LogP contribution in [-0.4, -0.2) is 29.9 Å². The fourth-order valence-electron chi connectivity index (χ4n) is 2.60. The Bertz CT molecular complexity index is 483. The van der Waals surface area contributed by atoms with E-state index < -0.39 is 5.60 Å². The Hall–Kier alpha value is -0.770. The minimum Gasteiger partial charge on any atom is -0.493 e. The van der Waals surface area contributed by atoms with Crippen LogP contribution in [0.2, 0.25) is 5.02 Å². The van der Waals surface area contributed by atoms with Gasteiger partial charge < -0.3 is 15.2 Å². The van der Waals surface area contributed by atoms with Gasteiger partial charge in [0.25, 0.3) is 0 Å². The molecule has 1 saturated carbocycles. The van der Waals surface area contributed by atoms with Gasteiger partial charge in [-0.25, -0.2) is 0 Å². The lowest BCUT2D eigenvalue weighted by molar-refractivity contribution is 0.0591. The molecule has 0 bridgehead atoms. The van der Waals surface area contributed by atoms with Crippen LogP contribution in [-0.2, 0) is 12.8 Å².